The normalized spacial score (nSPS) is 21.5. The summed E-state index contributed by atoms with van der Waals surface area (Å²) in [4.78, 5) is 4.63. The van der Waals surface area contributed by atoms with Crippen LogP contribution in [0.2, 0.25) is 0 Å². The fourth-order valence-corrected chi connectivity index (χ4v) is 4.39. The van der Waals surface area contributed by atoms with Gasteiger partial charge in [-0.2, -0.15) is 0 Å². The van der Waals surface area contributed by atoms with Crippen LogP contribution in [-0.2, 0) is 10.0 Å². The molecule has 1 heterocycles. The minimum atomic E-state index is -3.14. The summed E-state index contributed by atoms with van der Waals surface area (Å²) >= 11 is 0. The van der Waals surface area contributed by atoms with Gasteiger partial charge in [0, 0.05) is 26.2 Å². The standard InChI is InChI=1S/C21H33FN4O3S/c1-4-23-21(24-12-17-9-10-26(13-17)30(3,27)28)25-15(2)18-7-8-20(19(22)11-18)29-14-16-5-6-16/h7-8,11,15-17H,4-6,9-10,12-14H2,1-3H3,(H2,23,24,25). The molecule has 1 saturated heterocycles. The van der Waals surface area contributed by atoms with Crippen molar-refractivity contribution in [1.82, 2.24) is 14.9 Å². The van der Waals surface area contributed by atoms with Crippen LogP contribution in [0.3, 0.4) is 0 Å². The number of sulfonamides is 1. The van der Waals surface area contributed by atoms with Gasteiger partial charge >= 0.3 is 0 Å². The number of rotatable bonds is 9. The molecular weight excluding hydrogens is 407 g/mol. The molecule has 0 bridgehead atoms. The second-order valence-corrected chi connectivity index (χ2v) is 10.3. The number of ether oxygens (including phenoxy) is 1. The van der Waals surface area contributed by atoms with Crippen molar-refractivity contribution in [2.24, 2.45) is 16.8 Å². The van der Waals surface area contributed by atoms with Crippen molar-refractivity contribution < 1.29 is 17.5 Å². The highest BCUT2D eigenvalue weighted by molar-refractivity contribution is 7.88. The molecule has 1 aromatic carbocycles. The second kappa shape index (κ2) is 9.96. The minimum Gasteiger partial charge on any atom is -0.490 e. The SMILES string of the molecule is CCNC(=NCC1CCN(S(C)(=O)=O)C1)NC(C)c1ccc(OCC2CC2)c(F)c1. The third-order valence-electron chi connectivity index (χ3n) is 5.55. The van der Waals surface area contributed by atoms with E-state index in [2.05, 4.69) is 15.6 Å². The first-order valence-electron chi connectivity index (χ1n) is 10.7. The first-order valence-corrected chi connectivity index (χ1v) is 12.5. The van der Waals surface area contributed by atoms with Crippen LogP contribution in [0, 0.1) is 17.7 Å². The fourth-order valence-electron chi connectivity index (χ4n) is 3.47. The Kier molecular flexibility index (Phi) is 7.57. The van der Waals surface area contributed by atoms with E-state index in [1.165, 1.54) is 29.5 Å². The zero-order valence-electron chi connectivity index (χ0n) is 18.0. The number of guanidine groups is 1. The summed E-state index contributed by atoms with van der Waals surface area (Å²) in [6.45, 7) is 6.80. The van der Waals surface area contributed by atoms with Crippen LogP contribution in [0.25, 0.3) is 0 Å². The molecule has 2 unspecified atom stereocenters. The van der Waals surface area contributed by atoms with E-state index in [4.69, 9.17) is 4.74 Å². The molecule has 2 fully saturated rings. The van der Waals surface area contributed by atoms with Gasteiger partial charge in [0.25, 0.3) is 0 Å². The molecular formula is C21H33FN4O3S. The van der Waals surface area contributed by atoms with Crippen molar-refractivity contribution in [2.45, 2.75) is 39.2 Å². The van der Waals surface area contributed by atoms with Crippen molar-refractivity contribution in [3.63, 3.8) is 0 Å². The van der Waals surface area contributed by atoms with E-state index in [0.29, 0.717) is 50.4 Å². The molecule has 3 rings (SSSR count). The van der Waals surface area contributed by atoms with Crippen LogP contribution < -0.4 is 15.4 Å². The first kappa shape index (κ1) is 22.8. The maximum Gasteiger partial charge on any atom is 0.211 e. The second-order valence-electron chi connectivity index (χ2n) is 8.31. The first-order chi connectivity index (χ1) is 14.3. The molecule has 30 heavy (non-hydrogen) atoms. The molecule has 1 saturated carbocycles. The summed E-state index contributed by atoms with van der Waals surface area (Å²) < 4.78 is 44.8. The van der Waals surface area contributed by atoms with Crippen LogP contribution in [0.15, 0.2) is 23.2 Å². The lowest BCUT2D eigenvalue weighted by Crippen LogP contribution is -2.39. The smallest absolute Gasteiger partial charge is 0.211 e. The van der Waals surface area contributed by atoms with Gasteiger partial charge in [0.05, 0.1) is 18.9 Å². The topological polar surface area (TPSA) is 83.0 Å². The van der Waals surface area contributed by atoms with Gasteiger partial charge in [-0.1, -0.05) is 6.07 Å². The van der Waals surface area contributed by atoms with Gasteiger partial charge in [-0.25, -0.2) is 17.1 Å². The molecule has 2 atom stereocenters. The quantitative estimate of drug-likeness (QED) is 0.455. The molecule has 2 aliphatic rings. The number of hydrogen-bond donors (Lipinski definition) is 2. The Balaban J connectivity index is 1.57. The van der Waals surface area contributed by atoms with Gasteiger partial charge in [0.15, 0.2) is 17.5 Å². The third kappa shape index (κ3) is 6.57. The predicted octanol–water partition coefficient (Wildman–Crippen LogP) is 2.51. The minimum absolute atomic E-state index is 0.147. The molecule has 168 valence electrons. The highest BCUT2D eigenvalue weighted by atomic mass is 32.2. The van der Waals surface area contributed by atoms with E-state index in [1.54, 1.807) is 6.07 Å². The highest BCUT2D eigenvalue weighted by Crippen LogP contribution is 2.30. The van der Waals surface area contributed by atoms with Gasteiger partial charge < -0.3 is 15.4 Å². The average molecular weight is 441 g/mol. The van der Waals surface area contributed by atoms with Crippen LogP contribution in [-0.4, -0.2) is 57.7 Å². The van der Waals surface area contributed by atoms with E-state index in [1.807, 2.05) is 19.9 Å². The number of halogens is 1. The Morgan fingerprint density at radius 2 is 2.10 bits per heavy atom. The van der Waals surface area contributed by atoms with Gasteiger partial charge in [0.1, 0.15) is 0 Å². The molecule has 0 radical (unpaired) electrons. The molecule has 0 amide bonds. The molecule has 0 aromatic heterocycles. The Labute approximate surface area is 179 Å². The average Bonchev–Trinajstić information content (AvgIpc) is 3.38. The lowest BCUT2D eigenvalue weighted by Gasteiger charge is -2.19. The summed E-state index contributed by atoms with van der Waals surface area (Å²) in [6, 6.07) is 4.91. The predicted molar refractivity (Wildman–Crippen MR) is 117 cm³/mol. The van der Waals surface area contributed by atoms with E-state index in [9.17, 15) is 12.8 Å². The Bertz CT molecular complexity index is 858. The molecule has 1 aliphatic heterocycles. The largest absolute Gasteiger partial charge is 0.490 e. The van der Waals surface area contributed by atoms with Crippen LogP contribution in [0.4, 0.5) is 4.39 Å². The van der Waals surface area contributed by atoms with E-state index >= 15 is 0 Å². The number of nitrogens with zero attached hydrogens (tertiary/aromatic N) is 2. The van der Waals surface area contributed by atoms with Crippen LogP contribution >= 0.6 is 0 Å². The Morgan fingerprint density at radius 3 is 2.70 bits per heavy atom. The van der Waals surface area contributed by atoms with E-state index in [-0.39, 0.29) is 17.8 Å². The molecule has 7 nitrogen and oxygen atoms in total. The summed E-state index contributed by atoms with van der Waals surface area (Å²) in [6.07, 6.45) is 4.38. The molecule has 9 heteroatoms. The zero-order chi connectivity index (χ0) is 21.7. The molecule has 1 aromatic rings. The fraction of sp³-hybridized carbons (Fsp3) is 0.667. The summed E-state index contributed by atoms with van der Waals surface area (Å²) in [5, 5.41) is 6.51. The lowest BCUT2D eigenvalue weighted by molar-refractivity contribution is 0.285. The number of benzene rings is 1. The van der Waals surface area contributed by atoms with E-state index < -0.39 is 10.0 Å². The van der Waals surface area contributed by atoms with Crippen molar-refractivity contribution in [3.05, 3.63) is 29.6 Å². The maximum atomic E-state index is 14.4. The third-order valence-corrected chi connectivity index (χ3v) is 6.82. The Morgan fingerprint density at radius 1 is 1.33 bits per heavy atom. The van der Waals surface area contributed by atoms with Crippen LogP contribution in [0.1, 0.15) is 44.7 Å². The van der Waals surface area contributed by atoms with Gasteiger partial charge in [-0.05, 0) is 62.6 Å². The lowest BCUT2D eigenvalue weighted by atomic mass is 10.1. The maximum absolute atomic E-state index is 14.4. The van der Waals surface area contributed by atoms with Crippen molar-refractivity contribution in [2.75, 3.05) is 39.0 Å². The molecule has 1 aliphatic carbocycles. The molecule has 0 spiro atoms. The number of nitrogens with one attached hydrogen (secondary N) is 2. The number of hydrogen-bond acceptors (Lipinski definition) is 4. The highest BCUT2D eigenvalue weighted by Gasteiger charge is 2.28. The molecule has 2 N–H and O–H groups in total. The van der Waals surface area contributed by atoms with Crippen molar-refractivity contribution in [3.8, 4) is 5.75 Å². The van der Waals surface area contributed by atoms with Crippen molar-refractivity contribution in [1.29, 1.82) is 0 Å². The van der Waals surface area contributed by atoms with Crippen LogP contribution in [0.5, 0.6) is 5.75 Å². The monoisotopic (exact) mass is 440 g/mol. The van der Waals surface area contributed by atoms with Gasteiger partial charge in [-0.3, -0.25) is 4.99 Å². The summed E-state index contributed by atoms with van der Waals surface area (Å²) in [5.41, 5.74) is 0.806. The summed E-state index contributed by atoms with van der Waals surface area (Å²) in [7, 11) is -3.14. The van der Waals surface area contributed by atoms with E-state index in [0.717, 1.165) is 12.0 Å². The summed E-state index contributed by atoms with van der Waals surface area (Å²) in [5.74, 6) is 1.36. The van der Waals surface area contributed by atoms with Gasteiger partial charge in [-0.15, -0.1) is 0 Å². The van der Waals surface area contributed by atoms with Gasteiger partial charge in [0.2, 0.25) is 10.0 Å². The Hall–Kier alpha value is -1.87. The van der Waals surface area contributed by atoms with Crippen molar-refractivity contribution >= 4 is 16.0 Å². The zero-order valence-corrected chi connectivity index (χ0v) is 18.8. The number of aliphatic imine (C=N–C) groups is 1.